The number of rotatable bonds is 4. The van der Waals surface area contributed by atoms with Crippen molar-refractivity contribution >= 4 is 5.91 Å². The van der Waals surface area contributed by atoms with E-state index in [2.05, 4.69) is 25.6 Å². The molecule has 0 saturated heterocycles. The van der Waals surface area contributed by atoms with Crippen molar-refractivity contribution in [2.45, 2.75) is 33.1 Å². The summed E-state index contributed by atoms with van der Waals surface area (Å²) < 4.78 is 38.6. The van der Waals surface area contributed by atoms with Gasteiger partial charge >= 0.3 is 6.18 Å². The molecule has 0 atom stereocenters. The van der Waals surface area contributed by atoms with Crippen LogP contribution in [0.2, 0.25) is 0 Å². The highest BCUT2D eigenvalue weighted by atomic mass is 19.4. The first kappa shape index (κ1) is 15.0. The lowest BCUT2D eigenvalue weighted by Gasteiger charge is -2.00. The first-order valence-electron chi connectivity index (χ1n) is 6.12. The molecule has 2 heterocycles. The summed E-state index contributed by atoms with van der Waals surface area (Å²) >= 11 is 0. The molecule has 0 aliphatic heterocycles. The second-order valence-corrected chi connectivity index (χ2v) is 4.27. The minimum Gasteiger partial charge on any atom is -0.343 e. The highest BCUT2D eigenvalue weighted by molar-refractivity contribution is 5.92. The highest BCUT2D eigenvalue weighted by Gasteiger charge is 2.36. The maximum Gasteiger partial charge on any atom is 0.453 e. The van der Waals surface area contributed by atoms with Crippen LogP contribution in [0.1, 0.15) is 34.8 Å². The largest absolute Gasteiger partial charge is 0.453 e. The summed E-state index contributed by atoms with van der Waals surface area (Å²) in [5.74, 6) is -1.84. The maximum absolute atomic E-state index is 12.3. The minimum atomic E-state index is -4.62. The Morgan fingerprint density at radius 3 is 2.71 bits per heavy atom. The third-order valence-corrected chi connectivity index (χ3v) is 2.72. The van der Waals surface area contributed by atoms with Gasteiger partial charge in [-0.1, -0.05) is 0 Å². The van der Waals surface area contributed by atoms with E-state index in [1.165, 1.54) is 0 Å². The van der Waals surface area contributed by atoms with E-state index in [1.54, 1.807) is 17.7 Å². The fourth-order valence-electron chi connectivity index (χ4n) is 1.70. The maximum atomic E-state index is 12.3. The summed E-state index contributed by atoms with van der Waals surface area (Å²) in [6.07, 6.45) is -4.62. The number of aryl methyl sites for hydroxylation is 2. The molecule has 0 spiro atoms. The number of carbonyl (C=O) groups excluding carboxylic acids is 1. The molecular weight excluding hydrogens is 289 g/mol. The first-order valence-corrected chi connectivity index (χ1v) is 6.12. The average Bonchev–Trinajstić information content (AvgIpc) is 3.01. The molecule has 21 heavy (non-hydrogen) atoms. The molecule has 10 heteroatoms. The van der Waals surface area contributed by atoms with Crippen molar-refractivity contribution in [2.75, 3.05) is 0 Å². The molecule has 2 rings (SSSR count). The summed E-state index contributed by atoms with van der Waals surface area (Å²) in [5.41, 5.74) is 1.02. The van der Waals surface area contributed by atoms with Gasteiger partial charge in [-0.3, -0.25) is 14.6 Å². The molecule has 0 aliphatic rings. The van der Waals surface area contributed by atoms with E-state index in [-0.39, 0.29) is 18.1 Å². The van der Waals surface area contributed by atoms with E-state index >= 15 is 0 Å². The van der Waals surface area contributed by atoms with Gasteiger partial charge in [0.15, 0.2) is 0 Å². The Kier molecular flexibility index (Phi) is 3.96. The van der Waals surface area contributed by atoms with Crippen molar-refractivity contribution in [1.29, 1.82) is 0 Å². The molecule has 114 valence electrons. The molecule has 0 aromatic carbocycles. The van der Waals surface area contributed by atoms with Crippen molar-refractivity contribution in [3.63, 3.8) is 0 Å². The van der Waals surface area contributed by atoms with Gasteiger partial charge in [0.1, 0.15) is 11.5 Å². The van der Waals surface area contributed by atoms with Gasteiger partial charge in [0, 0.05) is 12.2 Å². The van der Waals surface area contributed by atoms with Gasteiger partial charge in [-0.2, -0.15) is 18.3 Å². The van der Waals surface area contributed by atoms with Gasteiger partial charge in [-0.25, -0.2) is 4.98 Å². The summed E-state index contributed by atoms with van der Waals surface area (Å²) in [7, 11) is 0. The lowest BCUT2D eigenvalue weighted by Crippen LogP contribution is -2.24. The van der Waals surface area contributed by atoms with Gasteiger partial charge in [0.25, 0.3) is 11.7 Å². The Morgan fingerprint density at radius 1 is 1.48 bits per heavy atom. The Hall–Kier alpha value is -2.39. The number of nitrogens with one attached hydrogen (secondary N) is 2. The zero-order valence-electron chi connectivity index (χ0n) is 11.3. The monoisotopic (exact) mass is 302 g/mol. The van der Waals surface area contributed by atoms with Gasteiger partial charge in [0.2, 0.25) is 0 Å². The van der Waals surface area contributed by atoms with Gasteiger partial charge < -0.3 is 5.32 Å². The van der Waals surface area contributed by atoms with Crippen LogP contribution in [-0.4, -0.2) is 30.9 Å². The molecule has 7 nitrogen and oxygen atoms in total. The normalized spacial score (nSPS) is 11.7. The van der Waals surface area contributed by atoms with Crippen molar-refractivity contribution in [2.24, 2.45) is 0 Å². The SMILES string of the molecule is CCn1nc(C(=O)NCc2nc(C(F)(F)F)n[nH]2)cc1C. The van der Waals surface area contributed by atoms with Crippen LogP contribution in [0.15, 0.2) is 6.07 Å². The number of nitrogens with zero attached hydrogens (tertiary/aromatic N) is 4. The molecule has 0 fully saturated rings. The Bertz CT molecular complexity index is 645. The second kappa shape index (κ2) is 5.54. The number of hydrogen-bond donors (Lipinski definition) is 2. The van der Waals surface area contributed by atoms with Crippen LogP contribution in [0.25, 0.3) is 0 Å². The summed E-state index contributed by atoms with van der Waals surface area (Å²) in [6, 6.07) is 1.60. The van der Waals surface area contributed by atoms with E-state index in [0.29, 0.717) is 6.54 Å². The third kappa shape index (κ3) is 3.38. The number of H-pyrrole nitrogens is 1. The number of halogens is 3. The van der Waals surface area contributed by atoms with Gasteiger partial charge in [-0.15, -0.1) is 5.10 Å². The van der Waals surface area contributed by atoms with E-state index in [1.807, 2.05) is 6.92 Å². The number of alkyl halides is 3. The predicted octanol–water partition coefficient (Wildman–Crippen LogP) is 1.28. The van der Waals surface area contributed by atoms with Crippen LogP contribution >= 0.6 is 0 Å². The molecule has 0 aliphatic carbocycles. The number of amides is 1. The third-order valence-electron chi connectivity index (χ3n) is 2.72. The molecule has 0 bridgehead atoms. The Morgan fingerprint density at radius 2 is 2.19 bits per heavy atom. The van der Waals surface area contributed by atoms with E-state index in [9.17, 15) is 18.0 Å². The average molecular weight is 302 g/mol. The number of aromatic amines is 1. The number of aromatic nitrogens is 5. The molecule has 0 radical (unpaired) electrons. The first-order chi connectivity index (χ1) is 9.81. The summed E-state index contributed by atoms with van der Waals surface area (Å²) in [5, 5.41) is 11.7. The topological polar surface area (TPSA) is 88.5 Å². The van der Waals surface area contributed by atoms with Crippen LogP contribution in [-0.2, 0) is 19.3 Å². The van der Waals surface area contributed by atoms with E-state index < -0.39 is 17.9 Å². The van der Waals surface area contributed by atoms with Crippen LogP contribution in [0.3, 0.4) is 0 Å². The van der Waals surface area contributed by atoms with Crippen molar-refractivity contribution < 1.29 is 18.0 Å². The van der Waals surface area contributed by atoms with Crippen molar-refractivity contribution in [3.05, 3.63) is 29.1 Å². The zero-order chi connectivity index (χ0) is 15.6. The van der Waals surface area contributed by atoms with Crippen molar-refractivity contribution in [1.82, 2.24) is 30.3 Å². The minimum absolute atomic E-state index is 0.0812. The smallest absolute Gasteiger partial charge is 0.343 e. The van der Waals surface area contributed by atoms with E-state index in [4.69, 9.17) is 0 Å². The molecule has 2 N–H and O–H groups in total. The Labute approximate surface area is 117 Å². The molecule has 2 aromatic rings. The molecule has 1 amide bonds. The predicted molar refractivity (Wildman–Crippen MR) is 65.2 cm³/mol. The second-order valence-electron chi connectivity index (χ2n) is 4.27. The standard InChI is InChI=1S/C11H13F3N6O/c1-3-20-6(2)4-7(19-20)9(21)15-5-8-16-10(18-17-8)11(12,13)14/h4H,3,5H2,1-2H3,(H,15,21)(H,16,17,18). The van der Waals surface area contributed by atoms with Crippen LogP contribution < -0.4 is 5.32 Å². The molecule has 2 aromatic heterocycles. The highest BCUT2D eigenvalue weighted by Crippen LogP contribution is 2.25. The lowest BCUT2D eigenvalue weighted by molar-refractivity contribution is -0.144. The van der Waals surface area contributed by atoms with Crippen molar-refractivity contribution in [3.8, 4) is 0 Å². The van der Waals surface area contributed by atoms with Gasteiger partial charge in [-0.05, 0) is 19.9 Å². The van der Waals surface area contributed by atoms with Crippen LogP contribution in [0, 0.1) is 6.92 Å². The van der Waals surface area contributed by atoms with Crippen LogP contribution in [0.4, 0.5) is 13.2 Å². The summed E-state index contributed by atoms with van der Waals surface area (Å²) in [4.78, 5) is 15.1. The number of hydrogen-bond acceptors (Lipinski definition) is 4. The summed E-state index contributed by atoms with van der Waals surface area (Å²) in [6.45, 7) is 4.12. The Balaban J connectivity index is 1.99. The zero-order valence-corrected chi connectivity index (χ0v) is 11.3. The molecule has 0 saturated carbocycles. The molecular formula is C11H13F3N6O. The van der Waals surface area contributed by atoms with E-state index in [0.717, 1.165) is 5.69 Å². The number of carbonyl (C=O) groups is 1. The van der Waals surface area contributed by atoms with Crippen LogP contribution in [0.5, 0.6) is 0 Å². The quantitative estimate of drug-likeness (QED) is 0.890. The van der Waals surface area contributed by atoms with Gasteiger partial charge in [0.05, 0.1) is 6.54 Å². The fraction of sp³-hybridized carbons (Fsp3) is 0.455. The molecule has 0 unspecified atom stereocenters. The lowest BCUT2D eigenvalue weighted by atomic mass is 10.3. The fourth-order valence-corrected chi connectivity index (χ4v) is 1.70.